The van der Waals surface area contributed by atoms with Crippen LogP contribution in [0.3, 0.4) is 0 Å². The molecule has 4 N–H and O–H groups in total. The monoisotopic (exact) mass is 402 g/mol. The number of nitrogens with two attached hydrogens (primary N) is 1. The Morgan fingerprint density at radius 3 is 2.38 bits per heavy atom. The van der Waals surface area contributed by atoms with Gasteiger partial charge in [-0.3, -0.25) is 19.2 Å². The number of nitrogens with zero attached hydrogens (tertiary/aromatic N) is 1. The highest BCUT2D eigenvalue weighted by atomic mass is 32.2. The summed E-state index contributed by atoms with van der Waals surface area (Å²) in [7, 11) is -9.54. The van der Waals surface area contributed by atoms with E-state index in [0.29, 0.717) is 0 Å². The molecule has 140 valence electrons. The quantitative estimate of drug-likeness (QED) is 0.279. The van der Waals surface area contributed by atoms with Gasteiger partial charge in [-0.1, -0.05) is 30.4 Å². The Kier molecular flexibility index (Phi) is 5.05. The van der Waals surface area contributed by atoms with E-state index in [1.807, 2.05) is 0 Å². The van der Waals surface area contributed by atoms with Gasteiger partial charge in [-0.05, 0) is 29.8 Å². The van der Waals surface area contributed by atoms with E-state index in [1.165, 1.54) is 24.3 Å². The first-order valence-corrected chi connectivity index (χ1v) is 9.85. The minimum atomic E-state index is -4.85. The molecule has 1 aliphatic carbocycles. The molecule has 0 spiro atoms. The maximum absolute atomic E-state index is 11.6. The molecule has 0 saturated carbocycles. The van der Waals surface area contributed by atoms with Crippen molar-refractivity contribution in [3.05, 3.63) is 64.3 Å². The zero-order valence-electron chi connectivity index (χ0n) is 13.0. The summed E-state index contributed by atoms with van der Waals surface area (Å²) in [4.78, 5) is 10.1. The summed E-state index contributed by atoms with van der Waals surface area (Å²) in [5.74, 6) is 0. The highest BCUT2D eigenvalue weighted by Crippen LogP contribution is 2.31. The van der Waals surface area contributed by atoms with Crippen LogP contribution in [0.4, 0.5) is 5.69 Å². The largest absolute Gasteiger partial charge is 0.399 e. The Morgan fingerprint density at radius 2 is 1.85 bits per heavy atom. The van der Waals surface area contributed by atoms with E-state index in [2.05, 4.69) is 0 Å². The third-order valence-electron chi connectivity index (χ3n) is 3.70. The van der Waals surface area contributed by atoms with E-state index in [0.717, 1.165) is 30.4 Å². The SMILES string of the molecule is Nc1ccc(C=CC2([N+](=O)[O-])C=CC=CC2S(=O)(=O)O)c(S(=O)(=O)O)c1. The maximum Gasteiger partial charge on any atom is 0.295 e. The van der Waals surface area contributed by atoms with Gasteiger partial charge in [-0.2, -0.15) is 16.8 Å². The Hall–Kier alpha value is -2.54. The molecule has 1 aromatic rings. The number of benzene rings is 1. The average Bonchev–Trinajstić information content (AvgIpc) is 2.52. The van der Waals surface area contributed by atoms with E-state index in [4.69, 9.17) is 5.73 Å². The van der Waals surface area contributed by atoms with Crippen molar-refractivity contribution in [3.8, 4) is 0 Å². The molecule has 0 aliphatic heterocycles. The van der Waals surface area contributed by atoms with E-state index >= 15 is 0 Å². The van der Waals surface area contributed by atoms with Gasteiger partial charge < -0.3 is 5.73 Å². The first-order chi connectivity index (χ1) is 11.9. The number of nitro groups is 1. The molecule has 0 fully saturated rings. The van der Waals surface area contributed by atoms with Gasteiger partial charge in [0, 0.05) is 10.6 Å². The van der Waals surface area contributed by atoms with Crippen LogP contribution in [-0.4, -0.2) is 41.7 Å². The van der Waals surface area contributed by atoms with E-state index < -0.39 is 40.8 Å². The molecule has 1 aromatic carbocycles. The average molecular weight is 402 g/mol. The van der Waals surface area contributed by atoms with Crippen LogP contribution < -0.4 is 5.73 Å². The first-order valence-electron chi connectivity index (χ1n) is 6.91. The van der Waals surface area contributed by atoms with Crippen molar-refractivity contribution < 1.29 is 30.9 Å². The molecule has 0 radical (unpaired) electrons. The van der Waals surface area contributed by atoms with E-state index in [9.17, 15) is 36.1 Å². The molecule has 0 amide bonds. The standard InChI is InChI=1S/C14H14N2O8S2/c15-11-5-4-10(12(9-11)25(19,20)21)6-8-14(16(17)18)7-2-1-3-13(14)26(22,23)24/h1-9,13H,15H2,(H,19,20,21)(H,22,23,24). The lowest BCUT2D eigenvalue weighted by Crippen LogP contribution is -2.49. The van der Waals surface area contributed by atoms with Gasteiger partial charge in [0.1, 0.15) is 4.90 Å². The second kappa shape index (κ2) is 6.64. The van der Waals surface area contributed by atoms with Crippen LogP contribution in [-0.2, 0) is 20.2 Å². The summed E-state index contributed by atoms with van der Waals surface area (Å²) in [6.07, 6.45) is 6.13. The molecule has 2 atom stereocenters. The first kappa shape index (κ1) is 19.8. The van der Waals surface area contributed by atoms with Crippen LogP contribution in [0.25, 0.3) is 6.08 Å². The Balaban J connectivity index is 2.65. The van der Waals surface area contributed by atoms with E-state index in [-0.39, 0.29) is 11.3 Å². The van der Waals surface area contributed by atoms with Crippen LogP contribution in [0, 0.1) is 10.1 Å². The predicted octanol–water partition coefficient (Wildman–Crippen LogP) is 0.927. The van der Waals surface area contributed by atoms with Crippen molar-refractivity contribution in [1.29, 1.82) is 0 Å². The zero-order chi connectivity index (χ0) is 19.8. The summed E-state index contributed by atoms with van der Waals surface area (Å²) in [6, 6.07) is 3.43. The molecule has 10 nitrogen and oxygen atoms in total. The number of allylic oxidation sites excluding steroid dienone is 2. The van der Waals surface area contributed by atoms with Crippen LogP contribution in [0.2, 0.25) is 0 Å². The predicted molar refractivity (Wildman–Crippen MR) is 93.0 cm³/mol. The Bertz CT molecular complexity index is 1040. The van der Waals surface area contributed by atoms with Crippen LogP contribution in [0.5, 0.6) is 0 Å². The van der Waals surface area contributed by atoms with Gasteiger partial charge in [-0.15, -0.1) is 0 Å². The molecule has 1 aliphatic rings. The second-order valence-corrected chi connectivity index (χ2v) is 8.36. The molecule has 2 unspecified atom stereocenters. The molecule has 0 heterocycles. The van der Waals surface area contributed by atoms with Crippen molar-refractivity contribution in [1.82, 2.24) is 0 Å². The molecule has 0 aromatic heterocycles. The number of anilines is 1. The Morgan fingerprint density at radius 1 is 1.19 bits per heavy atom. The van der Waals surface area contributed by atoms with Gasteiger partial charge in [0.05, 0.1) is 0 Å². The number of hydrogen-bond acceptors (Lipinski definition) is 7. The van der Waals surface area contributed by atoms with Crippen molar-refractivity contribution in [2.45, 2.75) is 15.7 Å². The molecular weight excluding hydrogens is 388 g/mol. The fourth-order valence-electron chi connectivity index (χ4n) is 2.47. The molecule has 26 heavy (non-hydrogen) atoms. The topological polar surface area (TPSA) is 178 Å². The molecule has 0 bridgehead atoms. The van der Waals surface area contributed by atoms with Crippen molar-refractivity contribution >= 4 is 32.0 Å². The second-order valence-electron chi connectivity index (χ2n) is 5.43. The number of nitrogen functional groups attached to an aromatic ring is 1. The maximum atomic E-state index is 11.6. The van der Waals surface area contributed by atoms with Crippen molar-refractivity contribution in [2.24, 2.45) is 0 Å². The minimum absolute atomic E-state index is 0.0232. The summed E-state index contributed by atoms with van der Waals surface area (Å²) in [6.45, 7) is 0. The van der Waals surface area contributed by atoms with Gasteiger partial charge in [0.15, 0.2) is 5.25 Å². The molecule has 2 rings (SSSR count). The summed E-state index contributed by atoms with van der Waals surface area (Å²) in [5, 5.41) is 9.67. The lowest BCUT2D eigenvalue weighted by Gasteiger charge is -2.25. The summed E-state index contributed by atoms with van der Waals surface area (Å²) >= 11 is 0. The third-order valence-corrected chi connectivity index (χ3v) is 5.78. The fourth-order valence-corrected chi connectivity index (χ4v) is 4.20. The smallest absolute Gasteiger partial charge is 0.295 e. The normalized spacial score (nSPS) is 23.4. The third kappa shape index (κ3) is 3.83. The Labute approximate surface area is 149 Å². The molecule has 0 saturated heterocycles. The van der Waals surface area contributed by atoms with E-state index in [1.54, 1.807) is 0 Å². The van der Waals surface area contributed by atoms with Crippen molar-refractivity contribution in [3.63, 3.8) is 0 Å². The van der Waals surface area contributed by atoms with Crippen LogP contribution in [0.15, 0.2) is 53.5 Å². The number of rotatable bonds is 5. The highest BCUT2D eigenvalue weighted by molar-refractivity contribution is 7.86. The van der Waals surface area contributed by atoms with Gasteiger partial charge in [0.25, 0.3) is 25.8 Å². The highest BCUT2D eigenvalue weighted by Gasteiger charge is 2.52. The summed E-state index contributed by atoms with van der Waals surface area (Å²) < 4.78 is 64.7. The lowest BCUT2D eigenvalue weighted by atomic mass is 9.90. The van der Waals surface area contributed by atoms with Crippen molar-refractivity contribution in [2.75, 3.05) is 5.73 Å². The summed E-state index contributed by atoms with van der Waals surface area (Å²) in [5.41, 5.74) is 2.97. The molecular formula is C14H14N2O8S2. The van der Waals surface area contributed by atoms with Gasteiger partial charge in [-0.25, -0.2) is 0 Å². The minimum Gasteiger partial charge on any atom is -0.399 e. The van der Waals surface area contributed by atoms with Gasteiger partial charge >= 0.3 is 0 Å². The molecule has 12 heteroatoms. The van der Waals surface area contributed by atoms with Crippen LogP contribution in [0.1, 0.15) is 5.56 Å². The van der Waals surface area contributed by atoms with Crippen LogP contribution >= 0.6 is 0 Å². The zero-order valence-corrected chi connectivity index (χ0v) is 14.6. The number of hydrogen-bond donors (Lipinski definition) is 3. The lowest BCUT2D eigenvalue weighted by molar-refractivity contribution is -0.538. The fraction of sp³-hybridized carbons (Fsp3) is 0.143. The van der Waals surface area contributed by atoms with Gasteiger partial charge in [0.2, 0.25) is 0 Å².